The highest BCUT2D eigenvalue weighted by Gasteiger charge is 2.15. The highest BCUT2D eigenvalue weighted by molar-refractivity contribution is 5.97. The van der Waals surface area contributed by atoms with Crippen molar-refractivity contribution in [1.29, 1.82) is 0 Å². The zero-order valence-corrected chi connectivity index (χ0v) is 10.7. The second kappa shape index (κ2) is 5.55. The molecule has 1 aromatic carbocycles. The fourth-order valence-electron chi connectivity index (χ4n) is 2.56. The highest BCUT2D eigenvalue weighted by Crippen LogP contribution is 2.21. The molecule has 100 valence electrons. The number of para-hydroxylation sites is 1. The number of aromatic nitrogens is 1. The van der Waals surface area contributed by atoms with Crippen molar-refractivity contribution < 1.29 is 14.3 Å². The smallest absolute Gasteiger partial charge is 0.157 e. The van der Waals surface area contributed by atoms with Crippen LogP contribution in [-0.4, -0.2) is 30.4 Å². The molecule has 0 amide bonds. The van der Waals surface area contributed by atoms with E-state index in [1.807, 2.05) is 30.5 Å². The minimum absolute atomic E-state index is 0.0487. The first-order valence-corrected chi connectivity index (χ1v) is 6.65. The van der Waals surface area contributed by atoms with Crippen LogP contribution in [0.3, 0.4) is 0 Å². The molecule has 0 radical (unpaired) electrons. The Hall–Kier alpha value is -1.65. The summed E-state index contributed by atoms with van der Waals surface area (Å²) >= 11 is 0. The number of aldehydes is 1. The van der Waals surface area contributed by atoms with Gasteiger partial charge in [-0.2, -0.15) is 0 Å². The van der Waals surface area contributed by atoms with Gasteiger partial charge in [0.05, 0.1) is 13.2 Å². The Labute approximate surface area is 111 Å². The van der Waals surface area contributed by atoms with Crippen LogP contribution in [0.5, 0.6) is 0 Å². The number of hydrogen-bond donors (Lipinski definition) is 0. The zero-order valence-electron chi connectivity index (χ0n) is 10.7. The van der Waals surface area contributed by atoms with Gasteiger partial charge in [-0.15, -0.1) is 0 Å². The summed E-state index contributed by atoms with van der Waals surface area (Å²) in [5.41, 5.74) is 1.86. The normalized spacial score (nSPS) is 16.2. The molecule has 0 N–H and O–H groups in total. The van der Waals surface area contributed by atoms with Crippen LogP contribution in [-0.2, 0) is 16.0 Å². The Balaban J connectivity index is 1.71. The molecule has 4 heteroatoms. The lowest BCUT2D eigenvalue weighted by molar-refractivity contribution is -0.0482. The first-order chi connectivity index (χ1) is 9.38. The van der Waals surface area contributed by atoms with Crippen molar-refractivity contribution in [2.45, 2.75) is 25.7 Å². The van der Waals surface area contributed by atoms with E-state index in [0.717, 1.165) is 42.1 Å². The first kappa shape index (κ1) is 12.4. The van der Waals surface area contributed by atoms with Gasteiger partial charge in [-0.05, 0) is 12.5 Å². The van der Waals surface area contributed by atoms with Crippen LogP contribution in [0.25, 0.3) is 10.9 Å². The molecule has 0 aliphatic carbocycles. The summed E-state index contributed by atoms with van der Waals surface area (Å²) in [4.78, 5) is 11.1. The van der Waals surface area contributed by atoms with Crippen molar-refractivity contribution in [3.8, 4) is 0 Å². The van der Waals surface area contributed by atoms with Gasteiger partial charge in [-0.25, -0.2) is 0 Å². The van der Waals surface area contributed by atoms with Gasteiger partial charge in [-0.1, -0.05) is 18.2 Å². The molecule has 0 spiro atoms. The highest BCUT2D eigenvalue weighted by atomic mass is 16.7. The van der Waals surface area contributed by atoms with E-state index in [0.29, 0.717) is 13.2 Å². The Morgan fingerprint density at radius 2 is 2.05 bits per heavy atom. The number of carbonyl (C=O) groups excluding carboxylic acids is 1. The Kier molecular flexibility index (Phi) is 3.62. The van der Waals surface area contributed by atoms with E-state index in [2.05, 4.69) is 4.57 Å². The predicted octanol–water partition coefficient (Wildman–Crippen LogP) is 2.61. The molecule has 0 bridgehead atoms. The fraction of sp³-hybridized carbons (Fsp3) is 0.400. The fourth-order valence-corrected chi connectivity index (χ4v) is 2.56. The molecule has 0 saturated carbocycles. The van der Waals surface area contributed by atoms with E-state index in [-0.39, 0.29) is 6.29 Å². The summed E-state index contributed by atoms with van der Waals surface area (Å²) in [5.74, 6) is 0. The van der Waals surface area contributed by atoms with Crippen molar-refractivity contribution in [1.82, 2.24) is 4.57 Å². The number of hydrogen-bond acceptors (Lipinski definition) is 3. The van der Waals surface area contributed by atoms with Crippen LogP contribution < -0.4 is 0 Å². The molecule has 2 heterocycles. The summed E-state index contributed by atoms with van der Waals surface area (Å²) in [6.45, 7) is 2.27. The van der Waals surface area contributed by atoms with Crippen LogP contribution >= 0.6 is 0 Å². The standard InChI is InChI=1S/C15H17NO3/c17-11-12-10-16(14-5-2-1-4-13(12)14)7-3-6-15-18-8-9-19-15/h1-2,4-5,10-11,15H,3,6-9H2. The second-order valence-electron chi connectivity index (χ2n) is 4.73. The first-order valence-electron chi connectivity index (χ1n) is 6.65. The van der Waals surface area contributed by atoms with Gasteiger partial charge in [0.15, 0.2) is 12.6 Å². The third-order valence-electron chi connectivity index (χ3n) is 3.48. The summed E-state index contributed by atoms with van der Waals surface area (Å²) < 4.78 is 13.0. The van der Waals surface area contributed by atoms with Gasteiger partial charge >= 0.3 is 0 Å². The van der Waals surface area contributed by atoms with Crippen molar-refractivity contribution in [2.24, 2.45) is 0 Å². The van der Waals surface area contributed by atoms with Crippen molar-refractivity contribution >= 4 is 17.2 Å². The third kappa shape index (κ3) is 2.55. The number of rotatable bonds is 5. The van der Waals surface area contributed by atoms with E-state index in [1.165, 1.54) is 0 Å². The Morgan fingerprint density at radius 1 is 1.26 bits per heavy atom. The molecule has 0 atom stereocenters. The average Bonchev–Trinajstić information content (AvgIpc) is 3.07. The summed E-state index contributed by atoms with van der Waals surface area (Å²) in [6.07, 6.45) is 4.66. The molecule has 2 aromatic rings. The van der Waals surface area contributed by atoms with Crippen LogP contribution in [0.4, 0.5) is 0 Å². The maximum Gasteiger partial charge on any atom is 0.157 e. The maximum absolute atomic E-state index is 11.1. The summed E-state index contributed by atoms with van der Waals surface area (Å²) in [6, 6.07) is 7.99. The van der Waals surface area contributed by atoms with E-state index < -0.39 is 0 Å². The van der Waals surface area contributed by atoms with Crippen molar-refractivity contribution in [2.75, 3.05) is 13.2 Å². The summed E-state index contributed by atoms with van der Waals surface area (Å²) in [7, 11) is 0. The molecule has 1 saturated heterocycles. The molecular weight excluding hydrogens is 242 g/mol. The quantitative estimate of drug-likeness (QED) is 0.775. The minimum atomic E-state index is -0.0487. The molecule has 4 nitrogen and oxygen atoms in total. The molecule has 19 heavy (non-hydrogen) atoms. The Bertz CT molecular complexity index is 570. The maximum atomic E-state index is 11.1. The number of fused-ring (bicyclic) bond motifs is 1. The van der Waals surface area contributed by atoms with Crippen LogP contribution in [0.15, 0.2) is 30.5 Å². The van der Waals surface area contributed by atoms with E-state index in [9.17, 15) is 4.79 Å². The van der Waals surface area contributed by atoms with E-state index in [1.54, 1.807) is 0 Å². The average molecular weight is 259 g/mol. The Morgan fingerprint density at radius 3 is 2.84 bits per heavy atom. The molecule has 1 aliphatic rings. The molecular formula is C15H17NO3. The molecule has 1 fully saturated rings. The number of aryl methyl sites for hydroxylation is 1. The number of ether oxygens (including phenoxy) is 2. The third-order valence-corrected chi connectivity index (χ3v) is 3.48. The SMILES string of the molecule is O=Cc1cn(CCCC2OCCO2)c2ccccc12. The van der Waals surface area contributed by atoms with E-state index >= 15 is 0 Å². The lowest BCUT2D eigenvalue weighted by atomic mass is 10.2. The minimum Gasteiger partial charge on any atom is -0.350 e. The molecule has 1 aromatic heterocycles. The van der Waals surface area contributed by atoms with E-state index in [4.69, 9.17) is 9.47 Å². The second-order valence-corrected chi connectivity index (χ2v) is 4.73. The topological polar surface area (TPSA) is 40.5 Å². The van der Waals surface area contributed by atoms with Crippen LogP contribution in [0.2, 0.25) is 0 Å². The summed E-state index contributed by atoms with van der Waals surface area (Å²) in [5, 5.41) is 1.02. The molecule has 0 unspecified atom stereocenters. The van der Waals surface area contributed by atoms with Gasteiger partial charge in [0.2, 0.25) is 0 Å². The lowest BCUT2D eigenvalue weighted by Crippen LogP contribution is -2.08. The van der Waals surface area contributed by atoms with Crippen molar-refractivity contribution in [3.05, 3.63) is 36.0 Å². The predicted molar refractivity (Wildman–Crippen MR) is 72.3 cm³/mol. The molecule has 1 aliphatic heterocycles. The van der Waals surface area contributed by atoms with Gasteiger partial charge in [0.1, 0.15) is 0 Å². The number of nitrogens with zero attached hydrogens (tertiary/aromatic N) is 1. The number of carbonyl (C=O) groups is 1. The largest absolute Gasteiger partial charge is 0.350 e. The van der Waals surface area contributed by atoms with Crippen LogP contribution in [0.1, 0.15) is 23.2 Å². The monoisotopic (exact) mass is 259 g/mol. The van der Waals surface area contributed by atoms with Crippen molar-refractivity contribution in [3.63, 3.8) is 0 Å². The van der Waals surface area contributed by atoms with Gasteiger partial charge in [0.25, 0.3) is 0 Å². The lowest BCUT2D eigenvalue weighted by Gasteiger charge is -2.09. The van der Waals surface area contributed by atoms with Gasteiger partial charge in [0, 0.05) is 35.6 Å². The zero-order chi connectivity index (χ0) is 13.1. The van der Waals surface area contributed by atoms with Gasteiger partial charge in [-0.3, -0.25) is 4.79 Å². The number of benzene rings is 1. The van der Waals surface area contributed by atoms with Crippen LogP contribution in [0, 0.1) is 0 Å². The molecule has 3 rings (SSSR count). The van der Waals surface area contributed by atoms with Gasteiger partial charge < -0.3 is 14.0 Å².